The van der Waals surface area contributed by atoms with Crippen molar-refractivity contribution in [3.05, 3.63) is 48.4 Å². The second-order valence-corrected chi connectivity index (χ2v) is 8.26. The first-order valence-corrected chi connectivity index (χ1v) is 10.8. The topological polar surface area (TPSA) is 66.5 Å². The van der Waals surface area contributed by atoms with Crippen LogP contribution in [-0.4, -0.2) is 41.6 Å². The molecule has 2 aliphatic rings. The van der Waals surface area contributed by atoms with Gasteiger partial charge in [0.1, 0.15) is 11.6 Å². The maximum atomic E-state index is 12.9. The Hall–Kier alpha value is -2.67. The molecule has 160 valence electrons. The third-order valence-electron chi connectivity index (χ3n) is 5.94. The van der Waals surface area contributed by atoms with Gasteiger partial charge in [0.2, 0.25) is 5.88 Å². The summed E-state index contributed by atoms with van der Waals surface area (Å²) in [6.07, 6.45) is 9.05. The van der Waals surface area contributed by atoms with Crippen LogP contribution < -0.4 is 15.4 Å². The Morgan fingerprint density at radius 1 is 1.07 bits per heavy atom. The third-order valence-corrected chi connectivity index (χ3v) is 5.94. The van der Waals surface area contributed by atoms with Gasteiger partial charge in [-0.3, -0.25) is 0 Å². The van der Waals surface area contributed by atoms with Gasteiger partial charge in [-0.15, -0.1) is 0 Å². The molecule has 0 unspecified atom stereocenters. The molecule has 2 N–H and O–H groups in total. The summed E-state index contributed by atoms with van der Waals surface area (Å²) in [6.45, 7) is 3.33. The Morgan fingerprint density at radius 3 is 2.47 bits per heavy atom. The maximum absolute atomic E-state index is 12.9. The van der Waals surface area contributed by atoms with Gasteiger partial charge in [0, 0.05) is 31.7 Å². The predicted molar refractivity (Wildman–Crippen MR) is 114 cm³/mol. The first-order chi connectivity index (χ1) is 14.6. The van der Waals surface area contributed by atoms with Crippen molar-refractivity contribution in [2.75, 3.05) is 25.0 Å². The number of ether oxygens (including phenoxy) is 1. The average molecular weight is 413 g/mol. The van der Waals surface area contributed by atoms with Gasteiger partial charge in [-0.1, -0.05) is 12.8 Å². The summed E-state index contributed by atoms with van der Waals surface area (Å²) in [7, 11) is 0. The molecule has 2 heterocycles. The van der Waals surface area contributed by atoms with E-state index < -0.39 is 0 Å². The summed E-state index contributed by atoms with van der Waals surface area (Å²) in [6, 6.07) is 9.13. The number of amides is 2. The number of anilines is 1. The van der Waals surface area contributed by atoms with Crippen molar-refractivity contribution in [1.29, 1.82) is 0 Å². The van der Waals surface area contributed by atoms with E-state index in [1.54, 1.807) is 18.3 Å². The molecule has 0 bridgehead atoms. The lowest BCUT2D eigenvalue weighted by Crippen LogP contribution is -2.46. The lowest BCUT2D eigenvalue weighted by Gasteiger charge is -2.33. The van der Waals surface area contributed by atoms with Crippen molar-refractivity contribution in [3.8, 4) is 11.6 Å². The van der Waals surface area contributed by atoms with Crippen LogP contribution >= 0.6 is 0 Å². The smallest absolute Gasteiger partial charge is 0.319 e. The third kappa shape index (κ3) is 5.92. The summed E-state index contributed by atoms with van der Waals surface area (Å²) in [5, 5.41) is 5.90. The highest BCUT2D eigenvalue weighted by molar-refractivity contribution is 5.89. The molecule has 1 aliphatic heterocycles. The molecule has 7 heteroatoms. The molecule has 0 radical (unpaired) electrons. The molecule has 1 aromatic heterocycles. The van der Waals surface area contributed by atoms with Gasteiger partial charge in [0.15, 0.2) is 0 Å². The van der Waals surface area contributed by atoms with Crippen LogP contribution in [0.1, 0.15) is 38.5 Å². The van der Waals surface area contributed by atoms with Gasteiger partial charge < -0.3 is 20.3 Å². The summed E-state index contributed by atoms with van der Waals surface area (Å²) < 4.78 is 18.5. The van der Waals surface area contributed by atoms with Crippen LogP contribution in [0.3, 0.4) is 0 Å². The Balaban J connectivity index is 1.19. The number of hydrogen-bond donors (Lipinski definition) is 2. The van der Waals surface area contributed by atoms with Gasteiger partial charge in [0.05, 0.1) is 11.9 Å². The minimum atomic E-state index is -0.319. The Morgan fingerprint density at radius 2 is 1.80 bits per heavy atom. The molecule has 2 amide bonds. The number of rotatable bonds is 6. The fourth-order valence-electron chi connectivity index (χ4n) is 4.31. The van der Waals surface area contributed by atoms with E-state index in [1.165, 1.54) is 56.5 Å². The number of nitrogens with zero attached hydrogens (tertiary/aromatic N) is 2. The minimum absolute atomic E-state index is 0.207. The van der Waals surface area contributed by atoms with Gasteiger partial charge >= 0.3 is 6.03 Å². The predicted octanol–water partition coefficient (Wildman–Crippen LogP) is 4.79. The number of piperidine rings is 1. The Bertz CT molecular complexity index is 814. The number of halogens is 1. The van der Waals surface area contributed by atoms with Gasteiger partial charge in [-0.2, -0.15) is 0 Å². The zero-order chi connectivity index (χ0) is 20.8. The molecule has 6 nitrogen and oxygen atoms in total. The first kappa shape index (κ1) is 20.6. The Labute approximate surface area is 176 Å². The zero-order valence-electron chi connectivity index (χ0n) is 17.1. The first-order valence-electron chi connectivity index (χ1n) is 10.8. The molecular weight excluding hydrogens is 383 g/mol. The number of carbonyl (C=O) groups excluding carboxylic acids is 1. The van der Waals surface area contributed by atoms with E-state index in [9.17, 15) is 9.18 Å². The highest BCUT2D eigenvalue weighted by Crippen LogP contribution is 2.26. The van der Waals surface area contributed by atoms with Crippen LogP contribution in [0.5, 0.6) is 11.6 Å². The fraction of sp³-hybridized carbons (Fsp3) is 0.478. The van der Waals surface area contributed by atoms with Gasteiger partial charge in [-0.25, -0.2) is 14.2 Å². The quantitative estimate of drug-likeness (QED) is 0.716. The standard InChI is InChI=1S/C23H29FN4O2/c24-18-5-8-21(9-6-18)30-22-10-7-20(15-25-22)27-23(29)26-19-11-13-28(14-12-19)16-17-3-1-2-4-17/h5-10,15,17,19H,1-4,11-14,16H2,(H2,26,27,29). The lowest BCUT2D eigenvalue weighted by atomic mass is 10.0. The lowest BCUT2D eigenvalue weighted by molar-refractivity contribution is 0.173. The summed E-state index contributed by atoms with van der Waals surface area (Å²) in [5.41, 5.74) is 0.595. The normalized spacial score (nSPS) is 18.3. The van der Waals surface area contributed by atoms with Crippen LogP contribution in [-0.2, 0) is 0 Å². The number of pyridine rings is 1. The molecule has 0 spiro atoms. The van der Waals surface area contributed by atoms with Crippen molar-refractivity contribution in [2.24, 2.45) is 5.92 Å². The summed E-state index contributed by atoms with van der Waals surface area (Å²) >= 11 is 0. The monoisotopic (exact) mass is 412 g/mol. The highest BCUT2D eigenvalue weighted by atomic mass is 19.1. The van der Waals surface area contributed by atoms with Crippen LogP contribution in [0, 0.1) is 11.7 Å². The molecule has 30 heavy (non-hydrogen) atoms. The van der Waals surface area contributed by atoms with E-state index in [-0.39, 0.29) is 17.9 Å². The number of hydrogen-bond acceptors (Lipinski definition) is 4. The van der Waals surface area contributed by atoms with E-state index in [0.29, 0.717) is 17.3 Å². The second-order valence-electron chi connectivity index (χ2n) is 8.26. The van der Waals surface area contributed by atoms with Crippen molar-refractivity contribution in [2.45, 2.75) is 44.6 Å². The van der Waals surface area contributed by atoms with Crippen molar-refractivity contribution < 1.29 is 13.9 Å². The van der Waals surface area contributed by atoms with Gasteiger partial charge in [0.25, 0.3) is 0 Å². The van der Waals surface area contributed by atoms with E-state index in [4.69, 9.17) is 4.74 Å². The zero-order valence-corrected chi connectivity index (χ0v) is 17.1. The number of urea groups is 1. The molecule has 1 saturated carbocycles. The molecular formula is C23H29FN4O2. The number of aromatic nitrogens is 1. The van der Waals surface area contributed by atoms with Crippen molar-refractivity contribution in [3.63, 3.8) is 0 Å². The Kier molecular flexibility index (Phi) is 6.79. The number of benzene rings is 1. The molecule has 2 aromatic rings. The van der Waals surface area contributed by atoms with Crippen LogP contribution in [0.2, 0.25) is 0 Å². The molecule has 4 rings (SSSR count). The molecule has 1 aromatic carbocycles. The molecule has 1 saturated heterocycles. The summed E-state index contributed by atoms with van der Waals surface area (Å²) in [5.74, 6) is 1.43. The van der Waals surface area contributed by atoms with Crippen molar-refractivity contribution >= 4 is 11.7 Å². The van der Waals surface area contributed by atoms with Crippen LogP contribution in [0.25, 0.3) is 0 Å². The molecule has 0 atom stereocenters. The van der Waals surface area contributed by atoms with E-state index in [1.807, 2.05) is 0 Å². The average Bonchev–Trinajstić information content (AvgIpc) is 3.26. The van der Waals surface area contributed by atoms with Crippen LogP contribution in [0.15, 0.2) is 42.6 Å². The SMILES string of the molecule is O=C(Nc1ccc(Oc2ccc(F)cc2)nc1)NC1CCN(CC2CCCC2)CC1. The second kappa shape index (κ2) is 9.89. The van der Waals surface area contributed by atoms with Crippen LogP contribution in [0.4, 0.5) is 14.9 Å². The minimum Gasteiger partial charge on any atom is -0.439 e. The summed E-state index contributed by atoms with van der Waals surface area (Å²) in [4.78, 5) is 19.1. The van der Waals surface area contributed by atoms with E-state index in [2.05, 4.69) is 20.5 Å². The van der Waals surface area contributed by atoms with Gasteiger partial charge in [-0.05, 0) is 61.9 Å². The maximum Gasteiger partial charge on any atom is 0.319 e. The molecule has 1 aliphatic carbocycles. The van der Waals surface area contributed by atoms with E-state index in [0.717, 1.165) is 31.8 Å². The number of carbonyl (C=O) groups is 1. The number of likely N-dealkylation sites (tertiary alicyclic amines) is 1. The molecule has 2 fully saturated rings. The number of nitrogens with one attached hydrogen (secondary N) is 2. The van der Waals surface area contributed by atoms with E-state index >= 15 is 0 Å². The fourth-order valence-corrected chi connectivity index (χ4v) is 4.31. The highest BCUT2D eigenvalue weighted by Gasteiger charge is 2.24. The van der Waals surface area contributed by atoms with Crippen molar-refractivity contribution in [1.82, 2.24) is 15.2 Å². The largest absolute Gasteiger partial charge is 0.439 e.